The number of aromatic nitrogens is 10. The summed E-state index contributed by atoms with van der Waals surface area (Å²) in [4.78, 5) is 74.0. The number of nitrogens with zero attached hydrogens (tertiary/aromatic N) is 17. The minimum absolute atomic E-state index is 0.00251. The van der Waals surface area contributed by atoms with Crippen LogP contribution in [-0.4, -0.2) is 268 Å². The van der Waals surface area contributed by atoms with Gasteiger partial charge in [-0.1, -0.05) is 111 Å². The lowest BCUT2D eigenvalue weighted by atomic mass is 9.92. The first kappa shape index (κ1) is 83.5. The van der Waals surface area contributed by atoms with E-state index in [-0.39, 0.29) is 44.6 Å². The number of likely N-dealkylation sites (N-methyl/N-ethyl adjacent to an activating group) is 1. The topological polar surface area (TPSA) is 263 Å². The van der Waals surface area contributed by atoms with E-state index in [4.69, 9.17) is 58.6 Å². The molecule has 5 aromatic heterocycles. The summed E-state index contributed by atoms with van der Waals surface area (Å²) in [6.07, 6.45) is 4.05. The molecular formula is C81H133N21O6. The number of nitrogens with one attached hydrogen (secondary N) is 4. The van der Waals surface area contributed by atoms with Crippen molar-refractivity contribution in [3.05, 3.63) is 71.0 Å². The van der Waals surface area contributed by atoms with Gasteiger partial charge in [0.15, 0.2) is 0 Å². The lowest BCUT2D eigenvalue weighted by molar-refractivity contribution is -0.137. The Morgan fingerprint density at radius 2 is 0.806 bits per heavy atom. The molecule has 27 nitrogen and oxygen atoms in total. The highest BCUT2D eigenvalue weighted by Gasteiger charge is 2.35. The van der Waals surface area contributed by atoms with Crippen molar-refractivity contribution in [1.82, 2.24) is 69.4 Å². The summed E-state index contributed by atoms with van der Waals surface area (Å²) in [6, 6.07) is 12.4. The molecule has 14 rings (SSSR count). The van der Waals surface area contributed by atoms with Gasteiger partial charge in [-0.15, -0.1) is 0 Å². The van der Waals surface area contributed by atoms with E-state index >= 15 is 0 Å². The summed E-state index contributed by atoms with van der Waals surface area (Å²) in [7, 11) is 0. The molecular weight excluding hydrogens is 1360 g/mol. The minimum Gasteiger partial charge on any atom is -0.470 e. The van der Waals surface area contributed by atoms with Gasteiger partial charge in [0, 0.05) is 160 Å². The van der Waals surface area contributed by atoms with E-state index in [0.717, 1.165) is 213 Å². The van der Waals surface area contributed by atoms with Crippen LogP contribution in [0.4, 0.5) is 41.1 Å². The highest BCUT2D eigenvalue weighted by molar-refractivity contribution is 5.74. The molecule has 8 aliphatic heterocycles. The molecule has 108 heavy (non-hydrogen) atoms. The van der Waals surface area contributed by atoms with Crippen LogP contribution in [0.1, 0.15) is 205 Å². The molecule has 13 heterocycles. The quantitative estimate of drug-likeness (QED) is 0.0716. The lowest BCUT2D eigenvalue weighted by Crippen LogP contribution is -2.55. The second kappa shape index (κ2) is 35.6. The van der Waals surface area contributed by atoms with E-state index in [2.05, 4.69) is 235 Å². The van der Waals surface area contributed by atoms with Crippen molar-refractivity contribution < 1.29 is 28.5 Å². The van der Waals surface area contributed by atoms with Crippen molar-refractivity contribution in [3.8, 4) is 5.88 Å². The van der Waals surface area contributed by atoms with Gasteiger partial charge in [0.1, 0.15) is 41.5 Å². The van der Waals surface area contributed by atoms with Crippen LogP contribution in [0.2, 0.25) is 0 Å². The molecule has 1 saturated carbocycles. The zero-order valence-corrected chi connectivity index (χ0v) is 69.7. The molecule has 0 bridgehead atoms. The molecule has 5 aromatic rings. The number of ether oxygens (including phenoxy) is 5. The first-order valence-corrected chi connectivity index (χ1v) is 40.0. The summed E-state index contributed by atoms with van der Waals surface area (Å²) < 4.78 is 26.7. The fraction of sp³-hybridized carbons (Fsp3) is 0.741. The second-order valence-corrected chi connectivity index (χ2v) is 36.9. The van der Waals surface area contributed by atoms with Crippen LogP contribution >= 0.6 is 0 Å². The van der Waals surface area contributed by atoms with Gasteiger partial charge >= 0.3 is 0 Å². The third-order valence-electron chi connectivity index (χ3n) is 20.8. The normalized spacial score (nSPS) is 19.8. The van der Waals surface area contributed by atoms with Crippen LogP contribution < -0.4 is 40.7 Å². The van der Waals surface area contributed by atoms with Crippen LogP contribution in [0.5, 0.6) is 5.88 Å². The number of piperazine rings is 3. The second-order valence-electron chi connectivity index (χ2n) is 36.9. The number of carbonyl (C=O) groups is 1. The summed E-state index contributed by atoms with van der Waals surface area (Å²) >= 11 is 0. The fourth-order valence-corrected chi connectivity index (χ4v) is 12.7. The lowest BCUT2D eigenvalue weighted by Gasteiger charge is -2.42. The van der Waals surface area contributed by atoms with Crippen LogP contribution in [0, 0.1) is 0 Å². The van der Waals surface area contributed by atoms with Crippen molar-refractivity contribution in [2.24, 2.45) is 0 Å². The molecule has 0 aromatic carbocycles. The van der Waals surface area contributed by atoms with Gasteiger partial charge in [-0.3, -0.25) is 14.6 Å². The third-order valence-corrected chi connectivity index (χ3v) is 20.8. The monoisotopic (exact) mass is 1500 g/mol. The average Bonchev–Trinajstić information content (AvgIpc) is 1.16. The van der Waals surface area contributed by atoms with Gasteiger partial charge < -0.3 is 69.5 Å². The summed E-state index contributed by atoms with van der Waals surface area (Å²) in [6.45, 7) is 68.7. The number of hydrogen-bond acceptors (Lipinski definition) is 26. The Hall–Kier alpha value is -7.01. The zero-order valence-electron chi connectivity index (χ0n) is 69.7. The largest absolute Gasteiger partial charge is 0.470 e. The number of carbonyl (C=O) groups excluding carboxylic acids is 1. The maximum atomic E-state index is 11.1. The molecule has 9 fully saturated rings. The van der Waals surface area contributed by atoms with E-state index < -0.39 is 0 Å². The minimum atomic E-state index is -0.0217. The van der Waals surface area contributed by atoms with Crippen LogP contribution in [-0.2, 0) is 50.8 Å². The number of amides is 1. The van der Waals surface area contributed by atoms with Gasteiger partial charge in [-0.25, -0.2) is 34.9 Å². The molecule has 0 spiro atoms. The Kier molecular flexibility index (Phi) is 27.5. The van der Waals surface area contributed by atoms with E-state index in [9.17, 15) is 4.79 Å². The van der Waals surface area contributed by atoms with Gasteiger partial charge in [0.25, 0.3) is 0 Å². The first-order chi connectivity index (χ1) is 50.8. The molecule has 0 radical (unpaired) electrons. The summed E-state index contributed by atoms with van der Waals surface area (Å²) in [5, 5.41) is 13.9. The predicted molar refractivity (Wildman–Crippen MR) is 432 cm³/mol. The number of rotatable bonds is 16. The Labute approximate surface area is 645 Å². The van der Waals surface area contributed by atoms with E-state index in [1.165, 1.54) is 19.2 Å². The van der Waals surface area contributed by atoms with Gasteiger partial charge in [0.2, 0.25) is 29.6 Å². The Bertz CT molecular complexity index is 3680. The molecule has 0 atom stereocenters. The van der Waals surface area contributed by atoms with Crippen molar-refractivity contribution in [1.29, 1.82) is 0 Å². The molecule has 0 unspecified atom stereocenters. The van der Waals surface area contributed by atoms with Crippen LogP contribution in [0.3, 0.4) is 0 Å². The average molecular weight is 1500 g/mol. The molecule has 598 valence electrons. The molecule has 27 heteroatoms. The van der Waals surface area contributed by atoms with E-state index in [1.54, 1.807) is 11.8 Å². The standard InChI is InChI=1S/C19H33N5O.C18H31N5O.C17H29N5O.C14H21N3O.C13H19N3O2/c1-18(2,3)15-11-16(20-14-12-25-13-14)22-17(21-15)23-7-9-24(10-8-23)19(4,5)6;1-13(2)22-6-8-23(9-7-22)17-20-15(18(3,4)5)10-16(21-17)19-14-11-24-12-14;1-5-21-6-8-22(9-7-21)16-19-14(17(2,3)4)10-15(20-16)18-13-11-23-12-13;1-14(2,3)11-6-12(15-10-7-18-8-10)17-13(16-11)9-4-5-9;1-9(17)16-6-10(7-16)18-12-5-11(13(2,3)4)14-8-15-12/h11,14H,7-10,12-13H2,1-6H3,(H,20,21,22);10,13-14H,6-9,11-12H2,1-5H3,(H,19,20,21);10,13H,5-9,11-12H2,1-4H3,(H,18,19,20);6,9-10H,4-5,7-8H2,1-3H3,(H,15,16,17);5,8,10H,6-7H2,1-4H3. The predicted octanol–water partition coefficient (Wildman–Crippen LogP) is 10.2. The highest BCUT2D eigenvalue weighted by atomic mass is 16.5. The van der Waals surface area contributed by atoms with Crippen LogP contribution in [0.15, 0.2) is 36.7 Å². The molecule has 9 aliphatic rings. The SMILES string of the molecule is CC(=O)N1CC(Oc2cc(C(C)(C)C)ncn2)C1.CC(C)(C)c1cc(NC2COC2)nc(C2CC2)n1.CC(C)(C)c1cc(NC2COC2)nc(N2CCN(C(C)(C)C)CC2)n1.CC(C)N1CCN(c2nc(NC3COC3)cc(C(C)(C)C)n2)CC1.CCN1CCN(c2nc(NC3COC3)cc(C(C)(C)C)n2)CC1. The molecule has 4 N–H and O–H groups in total. The van der Waals surface area contributed by atoms with Crippen molar-refractivity contribution >= 4 is 47.0 Å². The van der Waals surface area contributed by atoms with Gasteiger partial charge in [-0.05, 0) is 54.0 Å². The van der Waals surface area contributed by atoms with E-state index in [1.807, 2.05) is 6.07 Å². The molecule has 8 saturated heterocycles. The Morgan fingerprint density at radius 3 is 1.12 bits per heavy atom. The maximum Gasteiger partial charge on any atom is 0.227 e. The smallest absolute Gasteiger partial charge is 0.227 e. The van der Waals surface area contributed by atoms with Gasteiger partial charge in [0.05, 0.1) is 119 Å². The van der Waals surface area contributed by atoms with Gasteiger partial charge in [-0.2, -0.15) is 15.0 Å². The summed E-state index contributed by atoms with van der Waals surface area (Å²) in [5.41, 5.74) is 5.61. The Morgan fingerprint density at radius 1 is 0.454 bits per heavy atom. The maximum absolute atomic E-state index is 11.1. The van der Waals surface area contributed by atoms with Crippen molar-refractivity contribution in [2.45, 2.75) is 240 Å². The van der Waals surface area contributed by atoms with Crippen LogP contribution in [0.25, 0.3) is 0 Å². The highest BCUT2D eigenvalue weighted by Crippen LogP contribution is 2.40. The zero-order chi connectivity index (χ0) is 78.1. The number of anilines is 7. The fourth-order valence-electron chi connectivity index (χ4n) is 12.7. The first-order valence-electron chi connectivity index (χ1n) is 40.0. The molecule has 1 amide bonds. The number of hydrogen-bond donors (Lipinski definition) is 4. The molecule has 1 aliphatic carbocycles. The van der Waals surface area contributed by atoms with Crippen molar-refractivity contribution in [2.75, 3.05) is 187 Å². The summed E-state index contributed by atoms with van der Waals surface area (Å²) in [5.74, 6) is 8.57. The van der Waals surface area contributed by atoms with E-state index in [0.29, 0.717) is 55.1 Å². The third kappa shape index (κ3) is 24.2. The van der Waals surface area contributed by atoms with Crippen molar-refractivity contribution in [3.63, 3.8) is 0 Å². The number of likely N-dealkylation sites (tertiary alicyclic amines) is 1. The Balaban J connectivity index is 0.000000145.